The fraction of sp³-hybridized carbons (Fsp3) is 0.357. The van der Waals surface area contributed by atoms with Crippen LogP contribution in [-0.2, 0) is 11.0 Å². The number of hydrogen-bond acceptors (Lipinski definition) is 9. The first-order chi connectivity index (χ1) is 20.6. The van der Waals surface area contributed by atoms with Gasteiger partial charge in [-0.15, -0.1) is 0 Å². The predicted octanol–water partition coefficient (Wildman–Crippen LogP) is 4.23. The Kier molecular flexibility index (Phi) is 7.60. The highest BCUT2D eigenvalue weighted by atomic mass is 32.1. The Bertz CT molecular complexity index is 1700. The Hall–Kier alpha value is -4.37. The number of halogens is 3. The minimum Gasteiger partial charge on any atom is -0.383 e. The van der Waals surface area contributed by atoms with Gasteiger partial charge >= 0.3 is 6.18 Å². The Balaban J connectivity index is 1.18. The summed E-state index contributed by atoms with van der Waals surface area (Å²) in [5.41, 5.74) is 8.17. The summed E-state index contributed by atoms with van der Waals surface area (Å²) in [6.45, 7) is 1.78. The monoisotopic (exact) mass is 611 g/mol. The van der Waals surface area contributed by atoms with E-state index in [-0.39, 0.29) is 28.5 Å². The van der Waals surface area contributed by atoms with Crippen LogP contribution in [0.15, 0.2) is 48.9 Å². The van der Waals surface area contributed by atoms with E-state index in [2.05, 4.69) is 32.2 Å². The van der Waals surface area contributed by atoms with E-state index < -0.39 is 17.0 Å². The van der Waals surface area contributed by atoms with Crippen molar-refractivity contribution in [2.75, 3.05) is 37.7 Å². The highest BCUT2D eigenvalue weighted by Gasteiger charge is 2.34. The van der Waals surface area contributed by atoms with E-state index in [0.29, 0.717) is 65.4 Å². The number of anilines is 2. The number of amides is 2. The summed E-state index contributed by atoms with van der Waals surface area (Å²) >= 11 is 0.352. The molecule has 15 heteroatoms. The van der Waals surface area contributed by atoms with Crippen molar-refractivity contribution < 1.29 is 22.8 Å². The van der Waals surface area contributed by atoms with Gasteiger partial charge in [-0.25, -0.2) is 19.6 Å². The minimum atomic E-state index is -4.53. The van der Waals surface area contributed by atoms with Crippen LogP contribution in [0.2, 0.25) is 0 Å². The van der Waals surface area contributed by atoms with Crippen LogP contribution in [0.25, 0.3) is 22.3 Å². The quantitative estimate of drug-likeness (QED) is 0.283. The van der Waals surface area contributed by atoms with E-state index in [1.54, 1.807) is 27.8 Å². The first kappa shape index (κ1) is 28.7. The molecule has 2 aliphatic rings. The van der Waals surface area contributed by atoms with Crippen LogP contribution in [0.4, 0.5) is 24.1 Å². The smallest absolute Gasteiger partial charge is 0.383 e. The molecule has 1 atom stereocenters. The lowest BCUT2D eigenvalue weighted by Crippen LogP contribution is -2.28. The first-order valence-corrected chi connectivity index (χ1v) is 14.5. The van der Waals surface area contributed by atoms with Gasteiger partial charge in [-0.3, -0.25) is 19.8 Å². The zero-order chi connectivity index (χ0) is 30.3. The summed E-state index contributed by atoms with van der Waals surface area (Å²) in [7, 11) is 2.06. The van der Waals surface area contributed by atoms with Gasteiger partial charge in [0.2, 0.25) is 5.91 Å². The summed E-state index contributed by atoms with van der Waals surface area (Å²) in [4.78, 5) is 40.9. The number of carbonyl (C=O) groups excluding carboxylic acids is 2. The van der Waals surface area contributed by atoms with Gasteiger partial charge in [0, 0.05) is 42.9 Å². The largest absolute Gasteiger partial charge is 0.427 e. The average Bonchev–Trinajstić information content (AvgIpc) is 3.34. The molecular formula is C28H28F3N9O2S. The van der Waals surface area contributed by atoms with E-state index in [1.807, 2.05) is 6.08 Å². The maximum atomic E-state index is 12.9. The molecule has 6 rings (SSSR count). The second-order valence-electron chi connectivity index (χ2n) is 10.6. The molecular weight excluding hydrogens is 583 g/mol. The van der Waals surface area contributed by atoms with Gasteiger partial charge in [0.05, 0.1) is 17.6 Å². The molecule has 0 bridgehead atoms. The fourth-order valence-corrected chi connectivity index (χ4v) is 5.77. The van der Waals surface area contributed by atoms with Crippen molar-refractivity contribution in [2.45, 2.75) is 37.5 Å². The van der Waals surface area contributed by atoms with Gasteiger partial charge in [-0.1, -0.05) is 29.5 Å². The van der Waals surface area contributed by atoms with Crippen LogP contribution in [0.5, 0.6) is 0 Å². The Labute approximate surface area is 248 Å². The van der Waals surface area contributed by atoms with Crippen molar-refractivity contribution >= 4 is 45.1 Å². The van der Waals surface area contributed by atoms with Crippen molar-refractivity contribution in [3.8, 4) is 11.3 Å². The third-order valence-corrected chi connectivity index (χ3v) is 8.55. The highest BCUT2D eigenvalue weighted by Crippen LogP contribution is 2.36. The SMILES string of the molecule is CN(CC=CC(=O)N1CCC(n2nc(-c3ccc(C(=O)Nc4ncc(C(F)(F)F)s4)cc3)c3c(N)ncnc32)C1)C1CC1. The maximum Gasteiger partial charge on any atom is 0.427 e. The summed E-state index contributed by atoms with van der Waals surface area (Å²) in [6.07, 6.45) is 4.17. The van der Waals surface area contributed by atoms with Gasteiger partial charge in [0.25, 0.3) is 5.91 Å². The zero-order valence-corrected chi connectivity index (χ0v) is 23.9. The number of likely N-dealkylation sites (N-methyl/N-ethyl adjacent to an activating group) is 1. The van der Waals surface area contributed by atoms with Crippen LogP contribution in [0.3, 0.4) is 0 Å². The molecule has 11 nitrogen and oxygen atoms in total. The van der Waals surface area contributed by atoms with Gasteiger partial charge < -0.3 is 10.6 Å². The normalized spacial score (nSPS) is 17.4. The molecule has 1 saturated carbocycles. The second-order valence-corrected chi connectivity index (χ2v) is 11.6. The summed E-state index contributed by atoms with van der Waals surface area (Å²) in [6, 6.07) is 6.92. The molecule has 0 spiro atoms. The summed E-state index contributed by atoms with van der Waals surface area (Å²) in [5.74, 6) is -0.401. The molecule has 2 fully saturated rings. The van der Waals surface area contributed by atoms with Crippen molar-refractivity contribution in [3.63, 3.8) is 0 Å². The van der Waals surface area contributed by atoms with Gasteiger partial charge in [0.15, 0.2) is 10.8 Å². The van der Waals surface area contributed by atoms with Crippen molar-refractivity contribution in [3.05, 3.63) is 59.4 Å². The first-order valence-electron chi connectivity index (χ1n) is 13.7. The molecule has 1 aliphatic heterocycles. The fourth-order valence-electron chi connectivity index (χ4n) is 5.09. The van der Waals surface area contributed by atoms with Crippen molar-refractivity contribution in [2.24, 2.45) is 0 Å². The zero-order valence-electron chi connectivity index (χ0n) is 23.1. The summed E-state index contributed by atoms with van der Waals surface area (Å²) < 4.78 is 40.4. The number of alkyl halides is 3. The number of carbonyl (C=O) groups is 2. The Morgan fingerprint density at radius 1 is 1.16 bits per heavy atom. The molecule has 0 radical (unpaired) electrons. The molecule has 1 saturated heterocycles. The van der Waals surface area contributed by atoms with Crippen LogP contribution in [0, 0.1) is 0 Å². The standard InChI is InChI=1S/C28H28F3N9O2S/c1-38(18-8-9-18)11-2-3-21(41)39-12-10-19(14-39)40-25-22(24(32)34-15-35-25)23(37-40)16-4-6-17(7-5-16)26(42)36-27-33-13-20(43-27)28(29,30)31/h2-7,13,15,18-19H,8-12,14H2,1H3,(H2,32,34,35)(H,33,36,42). The van der Waals surface area contributed by atoms with Crippen molar-refractivity contribution in [1.29, 1.82) is 0 Å². The van der Waals surface area contributed by atoms with Crippen LogP contribution in [-0.4, -0.2) is 79.1 Å². The lowest BCUT2D eigenvalue weighted by Gasteiger charge is -2.16. The number of likely N-dealkylation sites (tertiary alicyclic amines) is 1. The van der Waals surface area contributed by atoms with Crippen LogP contribution in [0.1, 0.15) is 40.5 Å². The Morgan fingerprint density at radius 3 is 2.63 bits per heavy atom. The number of thiazole rings is 1. The number of rotatable bonds is 8. The molecule has 1 aromatic carbocycles. The van der Waals surface area contributed by atoms with Gasteiger partial charge in [0.1, 0.15) is 22.7 Å². The van der Waals surface area contributed by atoms with Gasteiger partial charge in [-0.2, -0.15) is 18.3 Å². The lowest BCUT2D eigenvalue weighted by molar-refractivity contribution is -0.134. The van der Waals surface area contributed by atoms with E-state index in [4.69, 9.17) is 10.8 Å². The summed E-state index contributed by atoms with van der Waals surface area (Å²) in [5, 5.41) is 7.63. The number of aromatic nitrogens is 5. The van der Waals surface area contributed by atoms with E-state index >= 15 is 0 Å². The third kappa shape index (κ3) is 6.08. The van der Waals surface area contributed by atoms with E-state index in [1.165, 1.54) is 31.3 Å². The number of nitrogens with two attached hydrogens (primary N) is 1. The number of nitrogen functional groups attached to an aromatic ring is 1. The van der Waals surface area contributed by atoms with E-state index in [9.17, 15) is 22.8 Å². The number of nitrogens with zero attached hydrogens (tertiary/aromatic N) is 7. The Morgan fingerprint density at radius 2 is 1.93 bits per heavy atom. The topological polar surface area (TPSA) is 135 Å². The number of nitrogens with one attached hydrogen (secondary N) is 1. The molecule has 43 heavy (non-hydrogen) atoms. The number of benzene rings is 1. The third-order valence-electron chi connectivity index (χ3n) is 7.59. The minimum absolute atomic E-state index is 0.0428. The predicted molar refractivity (Wildman–Crippen MR) is 155 cm³/mol. The van der Waals surface area contributed by atoms with Crippen molar-refractivity contribution in [1.82, 2.24) is 34.5 Å². The lowest BCUT2D eigenvalue weighted by atomic mass is 10.1. The highest BCUT2D eigenvalue weighted by molar-refractivity contribution is 7.15. The molecule has 3 aromatic heterocycles. The maximum absolute atomic E-state index is 12.9. The number of fused-ring (bicyclic) bond motifs is 1. The molecule has 4 aromatic rings. The molecule has 4 heterocycles. The van der Waals surface area contributed by atoms with Crippen LogP contribution < -0.4 is 11.1 Å². The van der Waals surface area contributed by atoms with Crippen LogP contribution >= 0.6 is 11.3 Å². The molecule has 3 N–H and O–H groups in total. The van der Waals surface area contributed by atoms with E-state index in [0.717, 1.165) is 6.54 Å². The molecule has 2 amide bonds. The molecule has 1 unspecified atom stereocenters. The molecule has 1 aliphatic carbocycles. The van der Waals surface area contributed by atoms with Gasteiger partial charge in [-0.05, 0) is 38.4 Å². The number of hydrogen-bond donors (Lipinski definition) is 2. The average molecular weight is 612 g/mol. The molecule has 224 valence electrons. The second kappa shape index (κ2) is 11.4.